The number of methoxy groups -OCH3 is 1. The fourth-order valence-electron chi connectivity index (χ4n) is 2.26. The second-order valence-corrected chi connectivity index (χ2v) is 5.07. The van der Waals surface area contributed by atoms with E-state index in [4.69, 9.17) is 9.47 Å². The molecule has 0 aliphatic carbocycles. The zero-order chi connectivity index (χ0) is 14.3. The molecular weight excluding hydrogens is 238 g/mol. The standard InChI is InChI=1S/C16H27NO2/c1-6-17-16(11-19-14(4)10-18-5)15-8-7-12(2)9-13(15)3/h7-9,14,16-17H,6,10-11H2,1-5H3. The van der Waals surface area contributed by atoms with E-state index in [-0.39, 0.29) is 12.1 Å². The number of hydrogen-bond acceptors (Lipinski definition) is 3. The Hall–Kier alpha value is -0.900. The third-order valence-corrected chi connectivity index (χ3v) is 3.20. The van der Waals surface area contributed by atoms with Crippen LogP contribution in [0.15, 0.2) is 18.2 Å². The lowest BCUT2D eigenvalue weighted by Gasteiger charge is -2.23. The molecule has 0 bridgehead atoms. The first-order valence-corrected chi connectivity index (χ1v) is 6.99. The van der Waals surface area contributed by atoms with Crippen molar-refractivity contribution in [2.45, 2.75) is 39.8 Å². The highest BCUT2D eigenvalue weighted by atomic mass is 16.5. The van der Waals surface area contributed by atoms with E-state index < -0.39 is 0 Å². The van der Waals surface area contributed by atoms with Gasteiger partial charge in [-0.05, 0) is 38.4 Å². The van der Waals surface area contributed by atoms with Crippen LogP contribution in [0.25, 0.3) is 0 Å². The molecule has 3 heteroatoms. The molecule has 0 saturated carbocycles. The Balaban J connectivity index is 2.70. The van der Waals surface area contributed by atoms with Crippen LogP contribution in [0.2, 0.25) is 0 Å². The lowest BCUT2D eigenvalue weighted by Crippen LogP contribution is -2.28. The van der Waals surface area contributed by atoms with Crippen LogP contribution in [0.5, 0.6) is 0 Å². The number of rotatable bonds is 8. The Morgan fingerprint density at radius 3 is 2.53 bits per heavy atom. The molecule has 0 spiro atoms. The zero-order valence-corrected chi connectivity index (χ0v) is 12.8. The van der Waals surface area contributed by atoms with Crippen LogP contribution in [0.4, 0.5) is 0 Å². The maximum absolute atomic E-state index is 5.85. The molecule has 1 aromatic rings. The number of benzene rings is 1. The molecule has 0 aromatic heterocycles. The molecule has 1 rings (SSSR count). The smallest absolute Gasteiger partial charge is 0.0781 e. The molecule has 2 atom stereocenters. The summed E-state index contributed by atoms with van der Waals surface area (Å²) in [7, 11) is 1.70. The molecule has 1 aromatic carbocycles. The van der Waals surface area contributed by atoms with Crippen LogP contribution in [0.3, 0.4) is 0 Å². The first kappa shape index (κ1) is 16.2. The van der Waals surface area contributed by atoms with Crippen LogP contribution in [-0.2, 0) is 9.47 Å². The molecule has 2 unspecified atom stereocenters. The first-order chi connectivity index (χ1) is 9.08. The monoisotopic (exact) mass is 265 g/mol. The Morgan fingerprint density at radius 1 is 1.21 bits per heavy atom. The predicted octanol–water partition coefficient (Wildman–Crippen LogP) is 3.01. The topological polar surface area (TPSA) is 30.5 Å². The molecule has 0 aliphatic rings. The summed E-state index contributed by atoms with van der Waals surface area (Å²) in [5.74, 6) is 0. The van der Waals surface area contributed by atoms with Gasteiger partial charge in [0.1, 0.15) is 0 Å². The van der Waals surface area contributed by atoms with Gasteiger partial charge in [-0.25, -0.2) is 0 Å². The summed E-state index contributed by atoms with van der Waals surface area (Å²) in [6, 6.07) is 6.82. The summed E-state index contributed by atoms with van der Waals surface area (Å²) >= 11 is 0. The van der Waals surface area contributed by atoms with Gasteiger partial charge in [0, 0.05) is 7.11 Å². The first-order valence-electron chi connectivity index (χ1n) is 6.99. The lowest BCUT2D eigenvalue weighted by molar-refractivity contribution is -0.000447. The van der Waals surface area contributed by atoms with Gasteiger partial charge < -0.3 is 14.8 Å². The number of ether oxygens (including phenoxy) is 2. The number of likely N-dealkylation sites (N-methyl/N-ethyl adjacent to an activating group) is 1. The van der Waals surface area contributed by atoms with Crippen molar-refractivity contribution in [1.82, 2.24) is 5.32 Å². The second-order valence-electron chi connectivity index (χ2n) is 5.07. The summed E-state index contributed by atoms with van der Waals surface area (Å²) < 4.78 is 10.9. The summed E-state index contributed by atoms with van der Waals surface area (Å²) in [4.78, 5) is 0. The fraction of sp³-hybridized carbons (Fsp3) is 0.625. The molecule has 108 valence electrons. The lowest BCUT2D eigenvalue weighted by atomic mass is 9.99. The Bertz CT molecular complexity index is 379. The van der Waals surface area contributed by atoms with Gasteiger partial charge in [0.25, 0.3) is 0 Å². The van der Waals surface area contributed by atoms with Gasteiger partial charge in [-0.3, -0.25) is 0 Å². The van der Waals surface area contributed by atoms with Gasteiger partial charge in [0.05, 0.1) is 25.4 Å². The van der Waals surface area contributed by atoms with E-state index in [9.17, 15) is 0 Å². The third kappa shape index (κ3) is 5.31. The maximum atomic E-state index is 5.85. The largest absolute Gasteiger partial charge is 0.382 e. The number of nitrogens with one attached hydrogen (secondary N) is 1. The van der Waals surface area contributed by atoms with Crippen molar-refractivity contribution in [3.05, 3.63) is 34.9 Å². The maximum Gasteiger partial charge on any atom is 0.0781 e. The third-order valence-electron chi connectivity index (χ3n) is 3.20. The Labute approximate surface area is 117 Å². The number of hydrogen-bond donors (Lipinski definition) is 1. The van der Waals surface area contributed by atoms with Gasteiger partial charge in [-0.1, -0.05) is 30.7 Å². The minimum absolute atomic E-state index is 0.122. The van der Waals surface area contributed by atoms with Crippen LogP contribution in [-0.4, -0.2) is 33.0 Å². The SMILES string of the molecule is CCNC(COC(C)COC)c1ccc(C)cc1C. The minimum Gasteiger partial charge on any atom is -0.382 e. The van der Waals surface area contributed by atoms with Gasteiger partial charge in [-0.2, -0.15) is 0 Å². The predicted molar refractivity (Wildman–Crippen MR) is 79.6 cm³/mol. The highest BCUT2D eigenvalue weighted by Crippen LogP contribution is 2.20. The van der Waals surface area contributed by atoms with E-state index in [0.29, 0.717) is 13.2 Å². The molecule has 0 fully saturated rings. The molecular formula is C16H27NO2. The summed E-state index contributed by atoms with van der Waals surface area (Å²) in [5.41, 5.74) is 3.93. The minimum atomic E-state index is 0.122. The van der Waals surface area contributed by atoms with E-state index in [1.807, 2.05) is 6.92 Å². The van der Waals surface area contributed by atoms with E-state index >= 15 is 0 Å². The van der Waals surface area contributed by atoms with Crippen LogP contribution in [0.1, 0.15) is 36.6 Å². The summed E-state index contributed by atoms with van der Waals surface area (Å²) in [6.07, 6.45) is 0.122. The molecule has 19 heavy (non-hydrogen) atoms. The highest BCUT2D eigenvalue weighted by Gasteiger charge is 2.14. The molecule has 0 amide bonds. The van der Waals surface area contributed by atoms with E-state index in [1.54, 1.807) is 7.11 Å². The van der Waals surface area contributed by atoms with E-state index in [1.165, 1.54) is 16.7 Å². The van der Waals surface area contributed by atoms with Crippen LogP contribution >= 0.6 is 0 Å². The van der Waals surface area contributed by atoms with E-state index in [2.05, 4.69) is 44.3 Å². The van der Waals surface area contributed by atoms with Crippen molar-refractivity contribution < 1.29 is 9.47 Å². The molecule has 0 heterocycles. The highest BCUT2D eigenvalue weighted by molar-refractivity contribution is 5.32. The zero-order valence-electron chi connectivity index (χ0n) is 12.8. The van der Waals surface area contributed by atoms with Crippen molar-refractivity contribution >= 4 is 0 Å². The molecule has 1 N–H and O–H groups in total. The van der Waals surface area contributed by atoms with Gasteiger partial charge in [-0.15, -0.1) is 0 Å². The normalized spacial score (nSPS) is 14.4. The van der Waals surface area contributed by atoms with Crippen molar-refractivity contribution in [2.24, 2.45) is 0 Å². The Kier molecular flexibility index (Phi) is 7.06. The summed E-state index contributed by atoms with van der Waals surface area (Å²) in [5, 5.41) is 3.49. The second kappa shape index (κ2) is 8.31. The van der Waals surface area contributed by atoms with Gasteiger partial charge in [0.2, 0.25) is 0 Å². The van der Waals surface area contributed by atoms with Crippen molar-refractivity contribution in [3.8, 4) is 0 Å². The quantitative estimate of drug-likeness (QED) is 0.784. The summed E-state index contributed by atoms with van der Waals surface area (Å²) in [6.45, 7) is 10.7. The molecule has 3 nitrogen and oxygen atoms in total. The van der Waals surface area contributed by atoms with E-state index in [0.717, 1.165) is 6.54 Å². The fourth-order valence-corrected chi connectivity index (χ4v) is 2.26. The average Bonchev–Trinajstić information content (AvgIpc) is 2.35. The van der Waals surface area contributed by atoms with Crippen LogP contribution in [0, 0.1) is 13.8 Å². The van der Waals surface area contributed by atoms with Gasteiger partial charge in [0.15, 0.2) is 0 Å². The van der Waals surface area contributed by atoms with Crippen LogP contribution < -0.4 is 5.32 Å². The average molecular weight is 265 g/mol. The number of aryl methyl sites for hydroxylation is 2. The van der Waals surface area contributed by atoms with Crippen molar-refractivity contribution in [2.75, 3.05) is 26.9 Å². The molecule has 0 saturated heterocycles. The Morgan fingerprint density at radius 2 is 1.95 bits per heavy atom. The van der Waals surface area contributed by atoms with Gasteiger partial charge >= 0.3 is 0 Å². The van der Waals surface area contributed by atoms with Crippen molar-refractivity contribution in [1.29, 1.82) is 0 Å². The molecule has 0 radical (unpaired) electrons. The molecule has 0 aliphatic heterocycles. The van der Waals surface area contributed by atoms with Crippen molar-refractivity contribution in [3.63, 3.8) is 0 Å².